The number of urea groups is 1. The molecule has 1 aromatic heterocycles. The molecular weight excluding hydrogens is 627 g/mol. The van der Waals surface area contributed by atoms with Crippen LogP contribution in [0.15, 0.2) is 90.3 Å². The highest BCUT2D eigenvalue weighted by Gasteiger charge is 2.31. The molecule has 0 radical (unpaired) electrons. The number of para-hydroxylation sites is 1. The molecule has 0 spiro atoms. The van der Waals surface area contributed by atoms with Crippen LogP contribution in [0.3, 0.4) is 0 Å². The number of anilines is 1. The third-order valence-corrected chi connectivity index (χ3v) is 8.86. The Bertz CT molecular complexity index is 1630. The average molecular weight is 670 g/mol. The van der Waals surface area contributed by atoms with Gasteiger partial charge in [-0.05, 0) is 42.4 Å². The van der Waals surface area contributed by atoms with Crippen LogP contribution in [0.4, 0.5) is 10.5 Å². The van der Waals surface area contributed by atoms with Crippen LogP contribution in [0.1, 0.15) is 47.6 Å². The summed E-state index contributed by atoms with van der Waals surface area (Å²) in [4.78, 5) is 53.0. The van der Waals surface area contributed by atoms with Crippen LogP contribution in [0, 0.1) is 5.92 Å². The normalized spacial score (nSPS) is 14.3. The highest BCUT2D eigenvalue weighted by molar-refractivity contribution is 7.12. The second kappa shape index (κ2) is 17.5. The Morgan fingerprint density at radius 1 is 0.875 bits per heavy atom. The molecule has 4 aromatic rings. The first-order valence-corrected chi connectivity index (χ1v) is 17.2. The van der Waals surface area contributed by atoms with Crippen molar-refractivity contribution >= 4 is 34.7 Å². The lowest BCUT2D eigenvalue weighted by Crippen LogP contribution is -2.56. The maximum atomic E-state index is 14.1. The molecule has 1 aliphatic rings. The molecule has 1 aliphatic heterocycles. The van der Waals surface area contributed by atoms with E-state index in [4.69, 9.17) is 14.6 Å². The highest BCUT2D eigenvalue weighted by atomic mass is 32.1. The van der Waals surface area contributed by atoms with Gasteiger partial charge in [0.2, 0.25) is 11.7 Å². The van der Waals surface area contributed by atoms with E-state index in [2.05, 4.69) is 16.1 Å². The number of carbonyl (C=O) groups excluding carboxylic acids is 3. The van der Waals surface area contributed by atoms with Crippen molar-refractivity contribution in [3.05, 3.63) is 106 Å². The van der Waals surface area contributed by atoms with Gasteiger partial charge in [0, 0.05) is 24.0 Å². The van der Waals surface area contributed by atoms with Crippen LogP contribution in [-0.2, 0) is 27.4 Å². The summed E-state index contributed by atoms with van der Waals surface area (Å²) in [6.45, 7) is 6.21. The zero-order valence-corrected chi connectivity index (χ0v) is 28.2. The first kappa shape index (κ1) is 34.7. The number of rotatable bonds is 15. The van der Waals surface area contributed by atoms with Gasteiger partial charge in [-0.15, -0.1) is 11.3 Å². The van der Waals surface area contributed by atoms with Crippen LogP contribution in [0.2, 0.25) is 0 Å². The molecule has 1 unspecified atom stereocenters. The molecule has 3 aromatic carbocycles. The lowest BCUT2D eigenvalue weighted by Gasteiger charge is -2.30. The number of aryl methyl sites for hydroxylation is 1. The van der Waals surface area contributed by atoms with Crippen molar-refractivity contribution in [1.29, 1.82) is 0 Å². The van der Waals surface area contributed by atoms with Crippen LogP contribution < -0.4 is 16.1 Å². The molecule has 5 rings (SSSR count). The molecule has 3 amide bonds. The maximum Gasteiger partial charge on any atom is 0.318 e. The molecule has 0 aliphatic carbocycles. The Labute approximate surface area is 285 Å². The maximum absolute atomic E-state index is 14.1. The van der Waals surface area contributed by atoms with Gasteiger partial charge in [-0.2, -0.15) is 0 Å². The number of ether oxygens (including phenoxy) is 1. The van der Waals surface area contributed by atoms with Gasteiger partial charge in [0.1, 0.15) is 6.04 Å². The predicted molar refractivity (Wildman–Crippen MR) is 188 cm³/mol. The minimum Gasteiger partial charge on any atom is -0.378 e. The van der Waals surface area contributed by atoms with Crippen molar-refractivity contribution in [2.24, 2.45) is 5.92 Å². The summed E-state index contributed by atoms with van der Waals surface area (Å²) in [6.07, 6.45) is 1.38. The molecule has 2 heterocycles. The summed E-state index contributed by atoms with van der Waals surface area (Å²) in [6, 6.07) is 25.4. The molecule has 1 saturated heterocycles. The number of carbonyl (C=O) groups is 3. The quantitative estimate of drug-likeness (QED) is 0.103. The van der Waals surface area contributed by atoms with Crippen molar-refractivity contribution in [2.45, 2.75) is 51.8 Å². The van der Waals surface area contributed by atoms with Gasteiger partial charge in [-0.3, -0.25) is 19.9 Å². The van der Waals surface area contributed by atoms with Gasteiger partial charge in [0.05, 0.1) is 37.2 Å². The van der Waals surface area contributed by atoms with Gasteiger partial charge in [0.25, 0.3) is 0 Å². The Morgan fingerprint density at radius 3 is 2.25 bits per heavy atom. The van der Waals surface area contributed by atoms with Crippen molar-refractivity contribution in [1.82, 2.24) is 20.5 Å². The third-order valence-electron chi connectivity index (χ3n) is 8.00. The van der Waals surface area contributed by atoms with Crippen LogP contribution in [0.25, 0.3) is 11.3 Å². The van der Waals surface area contributed by atoms with E-state index in [0.29, 0.717) is 62.9 Å². The van der Waals surface area contributed by atoms with Gasteiger partial charge >= 0.3 is 6.03 Å². The Morgan fingerprint density at radius 2 is 1.54 bits per heavy atom. The van der Waals surface area contributed by atoms with E-state index in [1.54, 1.807) is 4.90 Å². The van der Waals surface area contributed by atoms with Crippen LogP contribution >= 0.6 is 11.3 Å². The summed E-state index contributed by atoms with van der Waals surface area (Å²) in [5, 5.41) is 8.03. The molecule has 0 saturated carbocycles. The zero-order valence-electron chi connectivity index (χ0n) is 27.4. The van der Waals surface area contributed by atoms with Crippen molar-refractivity contribution in [2.75, 3.05) is 31.8 Å². The van der Waals surface area contributed by atoms with E-state index >= 15 is 0 Å². The molecule has 11 heteroatoms. The Hall–Kier alpha value is -4.58. The largest absolute Gasteiger partial charge is 0.378 e. The zero-order chi connectivity index (χ0) is 33.7. The minimum atomic E-state index is -0.839. The average Bonchev–Trinajstić information content (AvgIpc) is 3.61. The fraction of sp³-hybridized carbons (Fsp3) is 0.351. The molecule has 48 heavy (non-hydrogen) atoms. The van der Waals surface area contributed by atoms with Gasteiger partial charge < -0.3 is 20.3 Å². The third kappa shape index (κ3) is 9.96. The molecule has 3 N–H and O–H groups in total. The van der Waals surface area contributed by atoms with Gasteiger partial charge in [0.15, 0.2) is 5.01 Å². The lowest BCUT2D eigenvalue weighted by atomic mass is 9.99. The number of benzene rings is 3. The number of ketones is 1. The van der Waals surface area contributed by atoms with E-state index in [1.807, 2.05) is 104 Å². The smallest absolute Gasteiger partial charge is 0.318 e. The molecular formula is C37H43N5O5S. The SMILES string of the molecule is CC(C)C[C@H](NC(=O)N1CCOCC1)C(=O)NC(CCc1ccccc1)C(=O)c1nc(-c2ccccc2NOCc2ccccc2)cs1. The number of Topliss-reactive ketones (excluding diaryl/α,β-unsaturated/α-hetero) is 1. The number of hydrogen-bond acceptors (Lipinski definition) is 8. The molecule has 0 bridgehead atoms. The number of nitrogens with one attached hydrogen (secondary N) is 3. The second-order valence-corrected chi connectivity index (χ2v) is 13.0. The van der Waals surface area contributed by atoms with Gasteiger partial charge in [-0.25, -0.2) is 9.78 Å². The minimum absolute atomic E-state index is 0.135. The summed E-state index contributed by atoms with van der Waals surface area (Å²) >= 11 is 1.24. The monoisotopic (exact) mass is 669 g/mol. The van der Waals surface area contributed by atoms with Crippen LogP contribution in [-0.4, -0.2) is 66.0 Å². The first-order valence-electron chi connectivity index (χ1n) is 16.4. The number of aromatic nitrogens is 1. The van der Waals surface area contributed by atoms with E-state index in [0.717, 1.165) is 22.4 Å². The van der Waals surface area contributed by atoms with E-state index in [1.165, 1.54) is 11.3 Å². The van der Waals surface area contributed by atoms with E-state index < -0.39 is 18.0 Å². The summed E-state index contributed by atoms with van der Waals surface area (Å²) in [5.41, 5.74) is 7.25. The number of nitrogens with zero attached hydrogens (tertiary/aromatic N) is 2. The second-order valence-electron chi connectivity index (χ2n) is 12.1. The Balaban J connectivity index is 1.31. The molecule has 252 valence electrons. The molecule has 2 atom stereocenters. The lowest BCUT2D eigenvalue weighted by molar-refractivity contribution is -0.123. The number of thiazole rings is 1. The standard InChI is InChI=1S/C37H43N5O5S/c1-26(2)23-32(40-37(45)42-19-21-46-22-20-42)35(44)38-31(18-17-27-11-5-3-6-12-27)34(43)36-39-33(25-48-36)29-15-9-10-16-30(29)41-47-24-28-13-7-4-8-14-28/h3-16,25-26,31-32,41H,17-24H2,1-2H3,(H,38,44)(H,40,45)/t31?,32-/m0/s1. The number of amides is 3. The van der Waals surface area contributed by atoms with Crippen molar-refractivity contribution < 1.29 is 24.0 Å². The first-order chi connectivity index (χ1) is 23.4. The fourth-order valence-corrected chi connectivity index (χ4v) is 6.25. The number of morpholine rings is 1. The summed E-state index contributed by atoms with van der Waals surface area (Å²) < 4.78 is 5.37. The van der Waals surface area contributed by atoms with E-state index in [9.17, 15) is 14.4 Å². The fourth-order valence-electron chi connectivity index (χ4n) is 5.43. The van der Waals surface area contributed by atoms with Crippen molar-refractivity contribution in [3.8, 4) is 11.3 Å². The summed E-state index contributed by atoms with van der Waals surface area (Å²) in [5.74, 6) is -0.529. The Kier molecular flexibility index (Phi) is 12.7. The topological polar surface area (TPSA) is 122 Å². The molecule has 1 fully saturated rings. The molecule has 10 nitrogen and oxygen atoms in total. The van der Waals surface area contributed by atoms with Gasteiger partial charge in [-0.1, -0.05) is 92.7 Å². The van der Waals surface area contributed by atoms with Crippen LogP contribution in [0.5, 0.6) is 0 Å². The predicted octanol–water partition coefficient (Wildman–Crippen LogP) is 6.11. The van der Waals surface area contributed by atoms with E-state index in [-0.39, 0.29) is 17.7 Å². The number of hydrogen-bond donors (Lipinski definition) is 3. The summed E-state index contributed by atoms with van der Waals surface area (Å²) in [7, 11) is 0. The highest BCUT2D eigenvalue weighted by Crippen LogP contribution is 2.30. The van der Waals surface area contributed by atoms with Crippen molar-refractivity contribution in [3.63, 3.8) is 0 Å².